The Balaban J connectivity index is 0.000000845. The summed E-state index contributed by atoms with van der Waals surface area (Å²) in [4.78, 5) is 11.8. The molecule has 0 amide bonds. The largest absolute Gasteiger partial charge is 0.457 e. The number of fused-ring (bicyclic) bond motifs is 4. The normalized spacial score (nSPS) is 47.6. The summed E-state index contributed by atoms with van der Waals surface area (Å²) in [5.74, 6) is 2.37. The zero-order valence-electron chi connectivity index (χ0n) is 26.3. The second-order valence-electron chi connectivity index (χ2n) is 15.0. The fourth-order valence-electron chi connectivity index (χ4n) is 11.3. The number of carbonyl (C=O) groups is 1. The van der Waals surface area contributed by atoms with E-state index < -0.39 is 11.7 Å². The molecule has 0 radical (unpaired) electrons. The lowest BCUT2D eigenvalue weighted by atomic mass is 9.46. The van der Waals surface area contributed by atoms with Gasteiger partial charge in [0.1, 0.15) is 0 Å². The summed E-state index contributed by atoms with van der Waals surface area (Å²) in [7, 11) is 1.00. The molecule has 6 fully saturated rings. The number of hydrogen-bond donors (Lipinski definition) is 3. The van der Waals surface area contributed by atoms with E-state index in [-0.39, 0.29) is 29.7 Å². The first kappa shape index (κ1) is 31.3. The van der Waals surface area contributed by atoms with Crippen LogP contribution in [0.2, 0.25) is 0 Å². The Kier molecular flexibility index (Phi) is 8.45. The first-order valence-electron chi connectivity index (χ1n) is 15.9. The summed E-state index contributed by atoms with van der Waals surface area (Å²) in [6, 6.07) is 0. The van der Waals surface area contributed by atoms with Crippen LogP contribution in [-0.2, 0) is 14.3 Å². The number of carbonyl (C=O) groups excluding carboxylic acids is 1. The van der Waals surface area contributed by atoms with Crippen molar-refractivity contribution in [1.82, 2.24) is 0 Å². The third-order valence-electron chi connectivity index (χ3n) is 12.9. The Morgan fingerprint density at radius 1 is 0.923 bits per heavy atom. The Morgan fingerprint density at radius 3 is 2.18 bits per heavy atom. The molecule has 11 atom stereocenters. The molecule has 5 saturated carbocycles. The second kappa shape index (κ2) is 10.5. The molecule has 0 aromatic rings. The summed E-state index contributed by atoms with van der Waals surface area (Å²) in [5, 5.41) is 28.6. The molecule has 5 aliphatic carbocycles. The molecule has 226 valence electrons. The zero-order chi connectivity index (χ0) is 29.2. The number of esters is 1. The highest BCUT2D eigenvalue weighted by atomic mass is 16.6. The van der Waals surface area contributed by atoms with Crippen LogP contribution < -0.4 is 0 Å². The number of aliphatic hydroxyl groups excluding tert-OH is 2. The molecule has 39 heavy (non-hydrogen) atoms. The summed E-state index contributed by atoms with van der Waals surface area (Å²) in [6.45, 7) is 16.1. The summed E-state index contributed by atoms with van der Waals surface area (Å²) < 4.78 is 12.4. The molecule has 2 spiro atoms. The fourth-order valence-corrected chi connectivity index (χ4v) is 11.3. The molecule has 6 nitrogen and oxygen atoms in total. The van der Waals surface area contributed by atoms with Gasteiger partial charge in [-0.25, -0.2) is 0 Å². The minimum atomic E-state index is -1.13. The zero-order valence-corrected chi connectivity index (χ0v) is 26.3. The standard InChI is InChI=1S/C30H48O5.C2H6.CH4O/c1-17(31)34-25(27(4,5)33)21-9-7-19-22(35-21)15-20-18-8-10-23-26(2,3)24(32)11-12-30(23)16-29(18,30)14-13-28(19,20)6;2*1-2/h18-25,32-33H,7-16H2,1-6H3;1-2H3;2H,1H3/t18?,19?,20?,21?,22?,23-,24-,25-,28?,29?,30?;;/m0../s1. The summed E-state index contributed by atoms with van der Waals surface area (Å²) in [6.07, 6.45) is 11.1. The molecule has 1 heterocycles. The predicted octanol–water partition coefficient (Wildman–Crippen LogP) is 5.89. The van der Waals surface area contributed by atoms with E-state index in [2.05, 4.69) is 20.8 Å². The minimum Gasteiger partial charge on any atom is -0.457 e. The highest BCUT2D eigenvalue weighted by Gasteiger charge is 2.80. The van der Waals surface area contributed by atoms with E-state index in [0.717, 1.165) is 38.7 Å². The second-order valence-corrected chi connectivity index (χ2v) is 15.0. The molecular formula is C33H58O6. The molecule has 3 N–H and O–H groups in total. The average Bonchev–Trinajstić information content (AvgIpc) is 3.47. The van der Waals surface area contributed by atoms with Gasteiger partial charge in [0.2, 0.25) is 0 Å². The first-order valence-corrected chi connectivity index (χ1v) is 15.9. The van der Waals surface area contributed by atoms with Gasteiger partial charge in [-0.3, -0.25) is 4.79 Å². The molecule has 6 rings (SSSR count). The van der Waals surface area contributed by atoms with Crippen molar-refractivity contribution in [1.29, 1.82) is 0 Å². The Hall–Kier alpha value is -0.690. The smallest absolute Gasteiger partial charge is 0.303 e. The Labute approximate surface area is 237 Å². The minimum absolute atomic E-state index is 0.0380. The quantitative estimate of drug-likeness (QED) is 0.379. The molecule has 1 aliphatic heterocycles. The molecule has 1 saturated heterocycles. The lowest BCUT2D eigenvalue weighted by Gasteiger charge is -2.59. The van der Waals surface area contributed by atoms with Crippen LogP contribution in [-0.4, -0.2) is 58.4 Å². The lowest BCUT2D eigenvalue weighted by Crippen LogP contribution is -2.54. The van der Waals surface area contributed by atoms with Crippen LogP contribution in [0.1, 0.15) is 120 Å². The van der Waals surface area contributed by atoms with Gasteiger partial charge in [-0.1, -0.05) is 34.6 Å². The Bertz CT molecular complexity index is 895. The number of ether oxygens (including phenoxy) is 2. The monoisotopic (exact) mass is 550 g/mol. The van der Waals surface area contributed by atoms with E-state index in [0.29, 0.717) is 34.0 Å². The molecule has 0 aromatic heterocycles. The first-order chi connectivity index (χ1) is 18.3. The van der Waals surface area contributed by atoms with E-state index in [1.807, 2.05) is 13.8 Å². The third kappa shape index (κ3) is 4.53. The van der Waals surface area contributed by atoms with Gasteiger partial charge in [0.15, 0.2) is 6.10 Å². The van der Waals surface area contributed by atoms with Crippen molar-refractivity contribution in [3.63, 3.8) is 0 Å². The molecule has 0 aromatic carbocycles. The van der Waals surface area contributed by atoms with Gasteiger partial charge in [-0.05, 0) is 123 Å². The van der Waals surface area contributed by atoms with Crippen LogP contribution in [0.4, 0.5) is 0 Å². The molecule has 8 unspecified atom stereocenters. The predicted molar refractivity (Wildman–Crippen MR) is 153 cm³/mol. The van der Waals surface area contributed by atoms with Gasteiger partial charge in [0.25, 0.3) is 0 Å². The van der Waals surface area contributed by atoms with Gasteiger partial charge in [-0.15, -0.1) is 0 Å². The van der Waals surface area contributed by atoms with Crippen LogP contribution >= 0.6 is 0 Å². The number of aliphatic hydroxyl groups is 3. The SMILES string of the molecule is CC.CC(=O)O[C@@H](C1CCC2C(CC3C4CC[C@H]5C(C)(C)[C@@H](O)CCC56CC46CCC23C)O1)C(C)(C)O.CO. The van der Waals surface area contributed by atoms with E-state index in [1.54, 1.807) is 13.8 Å². The highest BCUT2D eigenvalue weighted by Crippen LogP contribution is 2.87. The Morgan fingerprint density at radius 2 is 1.56 bits per heavy atom. The van der Waals surface area contributed by atoms with Gasteiger partial charge >= 0.3 is 5.97 Å². The van der Waals surface area contributed by atoms with Crippen molar-refractivity contribution < 1.29 is 29.6 Å². The van der Waals surface area contributed by atoms with Crippen molar-refractivity contribution in [3.05, 3.63) is 0 Å². The number of rotatable bonds is 3. The van der Waals surface area contributed by atoms with Crippen LogP contribution in [0.15, 0.2) is 0 Å². The van der Waals surface area contributed by atoms with Crippen molar-refractivity contribution in [2.45, 2.75) is 150 Å². The number of hydrogen-bond acceptors (Lipinski definition) is 6. The van der Waals surface area contributed by atoms with E-state index >= 15 is 0 Å². The maximum absolute atomic E-state index is 11.8. The van der Waals surface area contributed by atoms with Crippen LogP contribution in [0.3, 0.4) is 0 Å². The molecule has 0 bridgehead atoms. The lowest BCUT2D eigenvalue weighted by molar-refractivity contribution is -0.200. The average molecular weight is 551 g/mol. The van der Waals surface area contributed by atoms with Crippen molar-refractivity contribution in [3.8, 4) is 0 Å². The highest BCUT2D eigenvalue weighted by molar-refractivity contribution is 5.66. The third-order valence-corrected chi connectivity index (χ3v) is 12.9. The molecule has 6 heteroatoms. The summed E-state index contributed by atoms with van der Waals surface area (Å²) in [5.41, 5.74) is 0.212. The van der Waals surface area contributed by atoms with Gasteiger partial charge in [0, 0.05) is 14.0 Å². The maximum atomic E-state index is 11.8. The molecule has 6 aliphatic rings. The van der Waals surface area contributed by atoms with Gasteiger partial charge in [-0.2, -0.15) is 0 Å². The van der Waals surface area contributed by atoms with Crippen molar-refractivity contribution in [2.24, 2.45) is 45.3 Å². The van der Waals surface area contributed by atoms with E-state index in [1.165, 1.54) is 45.4 Å². The van der Waals surface area contributed by atoms with E-state index in [9.17, 15) is 15.0 Å². The topological polar surface area (TPSA) is 96.2 Å². The van der Waals surface area contributed by atoms with Crippen LogP contribution in [0.25, 0.3) is 0 Å². The molecular weight excluding hydrogens is 492 g/mol. The van der Waals surface area contributed by atoms with E-state index in [4.69, 9.17) is 14.6 Å². The van der Waals surface area contributed by atoms with Crippen molar-refractivity contribution in [2.75, 3.05) is 7.11 Å². The van der Waals surface area contributed by atoms with Crippen LogP contribution in [0.5, 0.6) is 0 Å². The van der Waals surface area contributed by atoms with Crippen molar-refractivity contribution >= 4 is 5.97 Å². The van der Waals surface area contributed by atoms with Gasteiger partial charge in [0.05, 0.1) is 23.9 Å². The van der Waals surface area contributed by atoms with Crippen LogP contribution in [0, 0.1) is 45.3 Å². The fraction of sp³-hybridized carbons (Fsp3) is 0.970. The van der Waals surface area contributed by atoms with Gasteiger partial charge < -0.3 is 24.8 Å². The maximum Gasteiger partial charge on any atom is 0.303 e. The summed E-state index contributed by atoms with van der Waals surface area (Å²) >= 11 is 0.